The van der Waals surface area contributed by atoms with Gasteiger partial charge in [0.05, 0.1) is 26.5 Å². The van der Waals surface area contributed by atoms with Crippen LogP contribution in [0.25, 0.3) is 16.8 Å². The van der Waals surface area contributed by atoms with Gasteiger partial charge in [0, 0.05) is 23.0 Å². The molecule has 0 aliphatic rings. The Morgan fingerprint density at radius 3 is 2.31 bits per heavy atom. The normalized spacial score (nSPS) is 10.6. The van der Waals surface area contributed by atoms with Gasteiger partial charge in [-0.1, -0.05) is 35.9 Å². The van der Waals surface area contributed by atoms with Gasteiger partial charge in [0.1, 0.15) is 10.9 Å². The minimum atomic E-state index is -0.658. The standard InChI is InChI=1S/C29H28ClN3O6/c1-5-39-28(35)26-23(32-29(36)31-22-14-13-20(37-3)15-17(22)2)16-25(30)33(26)19-11-9-18(10-12-19)21-7-6-8-24(38-4)27(21)34/h6-16,34H,5H2,1-4H3,(H2,31,32,36). The molecule has 4 rings (SSSR count). The highest BCUT2D eigenvalue weighted by molar-refractivity contribution is 6.31. The number of nitrogens with one attached hydrogen (secondary N) is 2. The van der Waals surface area contributed by atoms with Crippen LogP contribution in [0.15, 0.2) is 66.7 Å². The average Bonchev–Trinajstić information content (AvgIpc) is 3.25. The number of rotatable bonds is 8. The van der Waals surface area contributed by atoms with Crippen LogP contribution in [-0.2, 0) is 4.74 Å². The first-order valence-electron chi connectivity index (χ1n) is 12.0. The van der Waals surface area contributed by atoms with Crippen LogP contribution in [0.3, 0.4) is 0 Å². The predicted octanol–water partition coefficient (Wildman–Crippen LogP) is 6.65. The molecule has 0 aliphatic heterocycles. The summed E-state index contributed by atoms with van der Waals surface area (Å²) in [7, 11) is 3.05. The Bertz CT molecular complexity index is 1510. The summed E-state index contributed by atoms with van der Waals surface area (Å²) in [4.78, 5) is 25.9. The van der Waals surface area contributed by atoms with Gasteiger partial charge in [-0.3, -0.25) is 4.57 Å². The molecule has 2 amide bonds. The zero-order valence-electron chi connectivity index (χ0n) is 21.9. The zero-order chi connectivity index (χ0) is 28.1. The summed E-state index contributed by atoms with van der Waals surface area (Å²) in [5, 5.41) is 16.2. The van der Waals surface area contributed by atoms with Crippen molar-refractivity contribution in [2.75, 3.05) is 31.5 Å². The van der Waals surface area contributed by atoms with Crippen molar-refractivity contribution in [2.24, 2.45) is 0 Å². The van der Waals surface area contributed by atoms with E-state index in [9.17, 15) is 14.7 Å². The summed E-state index contributed by atoms with van der Waals surface area (Å²) >= 11 is 6.57. The van der Waals surface area contributed by atoms with Crippen molar-refractivity contribution < 1.29 is 28.9 Å². The van der Waals surface area contributed by atoms with Gasteiger partial charge in [-0.25, -0.2) is 9.59 Å². The lowest BCUT2D eigenvalue weighted by molar-refractivity contribution is 0.0518. The van der Waals surface area contributed by atoms with Gasteiger partial charge in [0.25, 0.3) is 0 Å². The number of methoxy groups -OCH3 is 2. The number of aromatic nitrogens is 1. The molecule has 4 aromatic rings. The third-order valence-electron chi connectivity index (χ3n) is 6.01. The maximum Gasteiger partial charge on any atom is 0.357 e. The lowest BCUT2D eigenvalue weighted by atomic mass is 10.0. The zero-order valence-corrected chi connectivity index (χ0v) is 22.6. The predicted molar refractivity (Wildman–Crippen MR) is 151 cm³/mol. The van der Waals surface area contributed by atoms with Crippen molar-refractivity contribution in [1.29, 1.82) is 0 Å². The molecule has 39 heavy (non-hydrogen) atoms. The Morgan fingerprint density at radius 2 is 1.67 bits per heavy atom. The average molecular weight is 550 g/mol. The Morgan fingerprint density at radius 1 is 0.949 bits per heavy atom. The largest absolute Gasteiger partial charge is 0.504 e. The molecular formula is C29H28ClN3O6. The fourth-order valence-corrected chi connectivity index (χ4v) is 4.41. The SMILES string of the molecule is CCOC(=O)c1c(NC(=O)Nc2ccc(OC)cc2C)cc(Cl)n1-c1ccc(-c2cccc(OC)c2O)cc1. The highest BCUT2D eigenvalue weighted by Gasteiger charge is 2.25. The van der Waals surface area contributed by atoms with Crippen molar-refractivity contribution in [3.63, 3.8) is 0 Å². The maximum atomic E-state index is 13.0. The number of benzene rings is 3. The number of carbonyl (C=O) groups excluding carboxylic acids is 2. The molecule has 3 aromatic carbocycles. The van der Waals surface area contributed by atoms with Gasteiger partial charge in [-0.15, -0.1) is 0 Å². The number of para-hydroxylation sites is 1. The van der Waals surface area contributed by atoms with Crippen LogP contribution < -0.4 is 20.1 Å². The molecule has 0 aliphatic carbocycles. The van der Waals surface area contributed by atoms with E-state index in [-0.39, 0.29) is 28.9 Å². The van der Waals surface area contributed by atoms with Crippen molar-refractivity contribution >= 4 is 35.0 Å². The molecule has 10 heteroatoms. The van der Waals surface area contributed by atoms with Gasteiger partial charge in [-0.05, 0) is 61.4 Å². The van der Waals surface area contributed by atoms with Crippen molar-refractivity contribution in [1.82, 2.24) is 4.57 Å². The molecule has 9 nitrogen and oxygen atoms in total. The van der Waals surface area contributed by atoms with E-state index in [0.717, 1.165) is 11.1 Å². The number of hydrogen-bond acceptors (Lipinski definition) is 6. The number of hydrogen-bond donors (Lipinski definition) is 3. The molecule has 202 valence electrons. The Labute approximate surface area is 230 Å². The van der Waals surface area contributed by atoms with Gasteiger partial charge >= 0.3 is 12.0 Å². The molecule has 0 fully saturated rings. The molecule has 1 aromatic heterocycles. The monoisotopic (exact) mass is 549 g/mol. The number of amides is 2. The second kappa shape index (κ2) is 11.8. The van der Waals surface area contributed by atoms with Gasteiger partial charge in [0.2, 0.25) is 0 Å². The Hall–Kier alpha value is -4.63. The number of phenols is 1. The van der Waals surface area contributed by atoms with E-state index < -0.39 is 12.0 Å². The number of urea groups is 1. The maximum absolute atomic E-state index is 13.0. The molecule has 0 unspecified atom stereocenters. The number of aromatic hydroxyl groups is 1. The third kappa shape index (κ3) is 5.78. The smallest absolute Gasteiger partial charge is 0.357 e. The van der Waals surface area contributed by atoms with E-state index in [4.69, 9.17) is 25.8 Å². The minimum Gasteiger partial charge on any atom is -0.504 e. The number of nitrogens with zero attached hydrogens (tertiary/aromatic N) is 1. The summed E-state index contributed by atoms with van der Waals surface area (Å²) in [6, 6.07) is 18.4. The number of anilines is 2. The summed E-state index contributed by atoms with van der Waals surface area (Å²) in [5.41, 5.74) is 3.47. The van der Waals surface area contributed by atoms with E-state index in [1.807, 2.05) is 6.92 Å². The molecule has 3 N–H and O–H groups in total. The molecular weight excluding hydrogens is 522 g/mol. The van der Waals surface area contributed by atoms with Crippen LogP contribution in [0.5, 0.6) is 17.2 Å². The molecule has 0 saturated heterocycles. The van der Waals surface area contributed by atoms with Crippen LogP contribution in [0.1, 0.15) is 23.0 Å². The number of aryl methyl sites for hydroxylation is 1. The van der Waals surface area contributed by atoms with Crippen LogP contribution in [0.4, 0.5) is 16.2 Å². The fraction of sp³-hybridized carbons (Fsp3) is 0.172. The molecule has 0 atom stereocenters. The lowest BCUT2D eigenvalue weighted by Crippen LogP contribution is -2.22. The van der Waals surface area contributed by atoms with Crippen molar-refractivity contribution in [2.45, 2.75) is 13.8 Å². The van der Waals surface area contributed by atoms with Crippen molar-refractivity contribution in [3.05, 3.63) is 83.1 Å². The van der Waals surface area contributed by atoms with Gasteiger partial charge in [0.15, 0.2) is 17.2 Å². The molecule has 0 spiro atoms. The number of carbonyl (C=O) groups is 2. The van der Waals surface area contributed by atoms with Gasteiger partial charge < -0.3 is 30.0 Å². The van der Waals surface area contributed by atoms with Crippen LogP contribution >= 0.6 is 11.6 Å². The number of ether oxygens (including phenoxy) is 3. The second-order valence-electron chi connectivity index (χ2n) is 8.45. The first-order valence-corrected chi connectivity index (χ1v) is 12.4. The van der Waals surface area contributed by atoms with E-state index >= 15 is 0 Å². The van der Waals surface area contributed by atoms with Crippen LogP contribution in [0, 0.1) is 6.92 Å². The van der Waals surface area contributed by atoms with E-state index in [0.29, 0.717) is 28.4 Å². The Kier molecular flexibility index (Phi) is 8.31. The number of esters is 1. The number of phenolic OH excluding ortho intramolecular Hbond substituents is 1. The molecule has 0 bridgehead atoms. The topological polar surface area (TPSA) is 111 Å². The fourth-order valence-electron chi connectivity index (χ4n) is 4.12. The van der Waals surface area contributed by atoms with Crippen LogP contribution in [0.2, 0.25) is 5.15 Å². The second-order valence-corrected chi connectivity index (χ2v) is 8.84. The molecule has 0 saturated carbocycles. The molecule has 0 radical (unpaired) electrons. The first-order chi connectivity index (χ1) is 18.8. The lowest BCUT2D eigenvalue weighted by Gasteiger charge is -2.14. The molecule has 1 heterocycles. The van der Waals surface area contributed by atoms with Crippen molar-refractivity contribution in [3.8, 4) is 34.1 Å². The summed E-state index contributed by atoms with van der Waals surface area (Å²) in [5.74, 6) is 0.381. The van der Waals surface area contributed by atoms with Crippen LogP contribution in [-0.4, -0.2) is 42.5 Å². The van der Waals surface area contributed by atoms with E-state index in [2.05, 4.69) is 10.6 Å². The highest BCUT2D eigenvalue weighted by atomic mass is 35.5. The highest BCUT2D eigenvalue weighted by Crippen LogP contribution is 2.38. The summed E-state index contributed by atoms with van der Waals surface area (Å²) in [6.45, 7) is 3.66. The number of halogens is 1. The minimum absolute atomic E-state index is 0.0172. The van der Waals surface area contributed by atoms with E-state index in [1.165, 1.54) is 17.7 Å². The summed E-state index contributed by atoms with van der Waals surface area (Å²) < 4.78 is 17.2. The van der Waals surface area contributed by atoms with E-state index in [1.54, 1.807) is 74.7 Å². The van der Waals surface area contributed by atoms with Gasteiger partial charge in [-0.2, -0.15) is 0 Å². The first kappa shape index (κ1) is 27.4. The summed E-state index contributed by atoms with van der Waals surface area (Å²) in [6.07, 6.45) is 0. The Balaban J connectivity index is 1.66. The third-order valence-corrected chi connectivity index (χ3v) is 6.29. The quantitative estimate of drug-likeness (QED) is 0.212.